The molecule has 2 rings (SSSR count). The molecule has 1 atom stereocenters. The van der Waals surface area contributed by atoms with Gasteiger partial charge in [-0.1, -0.05) is 32.8 Å². The van der Waals surface area contributed by atoms with Crippen molar-refractivity contribution >= 4 is 11.0 Å². The predicted octanol–water partition coefficient (Wildman–Crippen LogP) is 2.33. The SMILES string of the molecule is CCC(CC)C(O)c1ccc2[nH]c(=O)[nH]c2c1. The van der Waals surface area contributed by atoms with Crippen LogP contribution in [0.25, 0.3) is 11.0 Å². The van der Waals surface area contributed by atoms with E-state index in [0.717, 1.165) is 29.4 Å². The average molecular weight is 234 g/mol. The van der Waals surface area contributed by atoms with Gasteiger partial charge in [0, 0.05) is 0 Å². The van der Waals surface area contributed by atoms with Crippen LogP contribution in [0.5, 0.6) is 0 Å². The van der Waals surface area contributed by atoms with Crippen LogP contribution in [-0.2, 0) is 0 Å². The molecule has 2 aromatic rings. The summed E-state index contributed by atoms with van der Waals surface area (Å²) in [5.41, 5.74) is 2.17. The van der Waals surface area contributed by atoms with Crippen molar-refractivity contribution < 1.29 is 5.11 Å². The second kappa shape index (κ2) is 4.75. The first-order chi connectivity index (χ1) is 8.15. The Hall–Kier alpha value is -1.55. The molecular formula is C13H18N2O2. The third-order valence-electron chi connectivity index (χ3n) is 3.38. The van der Waals surface area contributed by atoms with Gasteiger partial charge in [0.15, 0.2) is 0 Å². The van der Waals surface area contributed by atoms with Gasteiger partial charge in [-0.2, -0.15) is 0 Å². The second-order valence-corrected chi connectivity index (χ2v) is 4.41. The molecule has 0 aliphatic carbocycles. The van der Waals surface area contributed by atoms with E-state index in [2.05, 4.69) is 23.8 Å². The maximum atomic E-state index is 11.1. The Morgan fingerprint density at radius 2 is 1.82 bits per heavy atom. The first-order valence-corrected chi connectivity index (χ1v) is 6.05. The lowest BCUT2D eigenvalue weighted by molar-refractivity contribution is 0.103. The fraction of sp³-hybridized carbons (Fsp3) is 0.462. The molecule has 0 radical (unpaired) electrons. The molecule has 0 bridgehead atoms. The number of imidazole rings is 1. The number of rotatable bonds is 4. The molecule has 0 saturated carbocycles. The summed E-state index contributed by atoms with van der Waals surface area (Å²) in [7, 11) is 0. The van der Waals surface area contributed by atoms with E-state index in [1.54, 1.807) is 0 Å². The summed E-state index contributed by atoms with van der Waals surface area (Å²) >= 11 is 0. The van der Waals surface area contributed by atoms with Crippen LogP contribution in [-0.4, -0.2) is 15.1 Å². The van der Waals surface area contributed by atoms with Crippen molar-refractivity contribution in [1.82, 2.24) is 9.97 Å². The Bertz CT molecular complexity index is 552. The maximum absolute atomic E-state index is 11.1. The Morgan fingerprint density at radius 1 is 1.18 bits per heavy atom. The standard InChI is InChI=1S/C13H18N2O2/c1-3-8(4-2)12(16)9-5-6-10-11(7-9)15-13(17)14-10/h5-8,12,16H,3-4H2,1-2H3,(H2,14,15,17). The van der Waals surface area contributed by atoms with Gasteiger partial charge in [-0.3, -0.25) is 0 Å². The average Bonchev–Trinajstić information content (AvgIpc) is 2.69. The number of aliphatic hydroxyl groups is 1. The molecule has 17 heavy (non-hydrogen) atoms. The molecule has 92 valence electrons. The monoisotopic (exact) mass is 234 g/mol. The number of nitrogens with one attached hydrogen (secondary N) is 2. The van der Waals surface area contributed by atoms with Gasteiger partial charge in [-0.05, 0) is 23.6 Å². The van der Waals surface area contributed by atoms with E-state index >= 15 is 0 Å². The molecule has 0 spiro atoms. The van der Waals surface area contributed by atoms with E-state index in [4.69, 9.17) is 0 Å². The molecule has 0 fully saturated rings. The zero-order chi connectivity index (χ0) is 12.4. The molecule has 0 aliphatic rings. The highest BCUT2D eigenvalue weighted by Gasteiger charge is 2.17. The largest absolute Gasteiger partial charge is 0.388 e. The van der Waals surface area contributed by atoms with Crippen molar-refractivity contribution in [2.24, 2.45) is 5.92 Å². The zero-order valence-electron chi connectivity index (χ0n) is 10.2. The van der Waals surface area contributed by atoms with Gasteiger partial charge in [0.25, 0.3) is 0 Å². The van der Waals surface area contributed by atoms with E-state index in [0.29, 0.717) is 0 Å². The quantitative estimate of drug-likeness (QED) is 0.760. The topological polar surface area (TPSA) is 68.9 Å². The molecule has 1 unspecified atom stereocenters. The molecule has 3 N–H and O–H groups in total. The molecule has 4 nitrogen and oxygen atoms in total. The highest BCUT2D eigenvalue weighted by atomic mass is 16.3. The summed E-state index contributed by atoms with van der Waals surface area (Å²) in [6, 6.07) is 5.54. The Morgan fingerprint density at radius 3 is 2.47 bits per heavy atom. The molecule has 0 aliphatic heterocycles. The van der Waals surface area contributed by atoms with Crippen molar-refractivity contribution in [2.75, 3.05) is 0 Å². The van der Waals surface area contributed by atoms with E-state index in [-0.39, 0.29) is 11.6 Å². The molecule has 4 heteroatoms. The lowest BCUT2D eigenvalue weighted by atomic mass is 9.91. The summed E-state index contributed by atoms with van der Waals surface area (Å²) < 4.78 is 0. The summed E-state index contributed by atoms with van der Waals surface area (Å²) in [5, 5.41) is 10.2. The number of hydrogen-bond donors (Lipinski definition) is 3. The molecule has 0 saturated heterocycles. The predicted molar refractivity (Wildman–Crippen MR) is 68.0 cm³/mol. The highest BCUT2D eigenvalue weighted by Crippen LogP contribution is 2.28. The van der Waals surface area contributed by atoms with E-state index in [1.807, 2.05) is 18.2 Å². The lowest BCUT2D eigenvalue weighted by Crippen LogP contribution is -2.10. The molecule has 1 heterocycles. The second-order valence-electron chi connectivity index (χ2n) is 4.41. The third kappa shape index (κ3) is 2.26. The van der Waals surface area contributed by atoms with Crippen LogP contribution in [0, 0.1) is 5.92 Å². The van der Waals surface area contributed by atoms with E-state index in [9.17, 15) is 9.90 Å². The zero-order valence-corrected chi connectivity index (χ0v) is 10.2. The molecule has 0 amide bonds. The van der Waals surface area contributed by atoms with Crippen LogP contribution in [0.1, 0.15) is 38.4 Å². The normalized spacial score (nSPS) is 13.4. The van der Waals surface area contributed by atoms with Crippen LogP contribution in [0.4, 0.5) is 0 Å². The van der Waals surface area contributed by atoms with Crippen molar-refractivity contribution in [3.05, 3.63) is 34.2 Å². The number of aromatic nitrogens is 2. The smallest absolute Gasteiger partial charge is 0.323 e. The number of aliphatic hydroxyl groups excluding tert-OH is 1. The first-order valence-electron chi connectivity index (χ1n) is 6.05. The van der Waals surface area contributed by atoms with Gasteiger partial charge < -0.3 is 15.1 Å². The van der Waals surface area contributed by atoms with Gasteiger partial charge in [0.2, 0.25) is 0 Å². The summed E-state index contributed by atoms with van der Waals surface area (Å²) in [6.07, 6.45) is 1.42. The summed E-state index contributed by atoms with van der Waals surface area (Å²) in [4.78, 5) is 16.5. The van der Waals surface area contributed by atoms with Crippen LogP contribution >= 0.6 is 0 Å². The Labute approximate surface area is 99.7 Å². The fourth-order valence-electron chi connectivity index (χ4n) is 2.24. The number of aromatic amines is 2. The van der Waals surface area contributed by atoms with Crippen LogP contribution < -0.4 is 5.69 Å². The Kier molecular flexibility index (Phi) is 3.33. The van der Waals surface area contributed by atoms with Crippen LogP contribution in [0.2, 0.25) is 0 Å². The van der Waals surface area contributed by atoms with Crippen molar-refractivity contribution in [2.45, 2.75) is 32.8 Å². The van der Waals surface area contributed by atoms with Gasteiger partial charge in [-0.15, -0.1) is 0 Å². The van der Waals surface area contributed by atoms with Gasteiger partial charge in [-0.25, -0.2) is 4.79 Å². The number of hydrogen-bond acceptors (Lipinski definition) is 2. The lowest BCUT2D eigenvalue weighted by Gasteiger charge is -2.20. The van der Waals surface area contributed by atoms with Crippen molar-refractivity contribution in [3.8, 4) is 0 Å². The maximum Gasteiger partial charge on any atom is 0.323 e. The Balaban J connectivity index is 2.38. The first kappa shape index (κ1) is 11.9. The summed E-state index contributed by atoms with van der Waals surface area (Å²) in [5.74, 6) is 0.262. The number of fused-ring (bicyclic) bond motifs is 1. The molecule has 1 aromatic carbocycles. The van der Waals surface area contributed by atoms with Crippen LogP contribution in [0.15, 0.2) is 23.0 Å². The van der Waals surface area contributed by atoms with Crippen molar-refractivity contribution in [1.29, 1.82) is 0 Å². The van der Waals surface area contributed by atoms with E-state index in [1.165, 1.54) is 0 Å². The van der Waals surface area contributed by atoms with Crippen LogP contribution in [0.3, 0.4) is 0 Å². The minimum Gasteiger partial charge on any atom is -0.388 e. The fourth-order valence-corrected chi connectivity index (χ4v) is 2.24. The summed E-state index contributed by atoms with van der Waals surface area (Å²) in [6.45, 7) is 4.15. The minimum absolute atomic E-state index is 0.214. The molecular weight excluding hydrogens is 216 g/mol. The van der Waals surface area contributed by atoms with Gasteiger partial charge >= 0.3 is 5.69 Å². The van der Waals surface area contributed by atoms with E-state index < -0.39 is 6.10 Å². The third-order valence-corrected chi connectivity index (χ3v) is 3.38. The van der Waals surface area contributed by atoms with Gasteiger partial charge in [0.05, 0.1) is 17.1 Å². The highest BCUT2D eigenvalue weighted by molar-refractivity contribution is 5.75. The number of H-pyrrole nitrogens is 2. The van der Waals surface area contributed by atoms with Crippen molar-refractivity contribution in [3.63, 3.8) is 0 Å². The van der Waals surface area contributed by atoms with Gasteiger partial charge in [0.1, 0.15) is 0 Å². The minimum atomic E-state index is -0.465. The molecule has 1 aromatic heterocycles. The number of benzene rings is 1.